The molecular weight excluding hydrogens is 256 g/mol. The number of carbonyl (C=O) groups excluding carboxylic acids is 1. The molecule has 5 nitrogen and oxygen atoms in total. The highest BCUT2D eigenvalue weighted by Gasteiger charge is 2.35. The van der Waals surface area contributed by atoms with E-state index < -0.39 is 12.0 Å². The minimum atomic E-state index is -0.911. The molecule has 0 aromatic heterocycles. The smallest absolute Gasteiger partial charge is 0.326 e. The first kappa shape index (κ1) is 14.5. The van der Waals surface area contributed by atoms with Gasteiger partial charge in [-0.2, -0.15) is 0 Å². The Bertz CT molecular complexity index is 475. The predicted octanol–water partition coefficient (Wildman–Crippen LogP) is 1.24. The summed E-state index contributed by atoms with van der Waals surface area (Å²) < 4.78 is 0. The van der Waals surface area contributed by atoms with E-state index in [0.29, 0.717) is 19.5 Å². The number of nitrogens with zero attached hydrogens (tertiary/aromatic N) is 1. The second-order valence-corrected chi connectivity index (χ2v) is 5.12. The van der Waals surface area contributed by atoms with Crippen LogP contribution in [0.1, 0.15) is 25.3 Å². The number of likely N-dealkylation sites (tertiary alicyclic amines) is 1. The molecule has 1 heterocycles. The molecule has 2 atom stereocenters. The molecular formula is C15H20N2O3. The lowest BCUT2D eigenvalue weighted by molar-refractivity contribution is -0.148. The third-order valence-corrected chi connectivity index (χ3v) is 3.65. The SMILES string of the molecule is C[C@@H](NCc1ccccc1)C(=O)N1CCC[C@H]1C(=O)O. The van der Waals surface area contributed by atoms with Crippen molar-refractivity contribution in [3.05, 3.63) is 35.9 Å². The molecule has 1 aliphatic heterocycles. The summed E-state index contributed by atoms with van der Waals surface area (Å²) in [6.07, 6.45) is 1.31. The van der Waals surface area contributed by atoms with E-state index in [1.54, 1.807) is 6.92 Å². The van der Waals surface area contributed by atoms with Gasteiger partial charge in [0.1, 0.15) is 6.04 Å². The molecule has 0 aliphatic carbocycles. The number of hydrogen-bond acceptors (Lipinski definition) is 3. The van der Waals surface area contributed by atoms with Crippen molar-refractivity contribution in [3.63, 3.8) is 0 Å². The molecule has 0 radical (unpaired) electrons. The Kier molecular flexibility index (Phi) is 4.74. The van der Waals surface area contributed by atoms with Gasteiger partial charge in [-0.05, 0) is 25.3 Å². The standard InChI is InChI=1S/C15H20N2O3/c1-11(16-10-12-6-3-2-4-7-12)14(18)17-9-5-8-13(17)15(19)20/h2-4,6-7,11,13,16H,5,8-10H2,1H3,(H,19,20)/t11-,13+/m1/s1. The molecule has 1 fully saturated rings. The Labute approximate surface area is 118 Å². The zero-order valence-electron chi connectivity index (χ0n) is 11.6. The van der Waals surface area contributed by atoms with Gasteiger partial charge >= 0.3 is 5.97 Å². The maximum Gasteiger partial charge on any atom is 0.326 e. The number of rotatable bonds is 5. The van der Waals surface area contributed by atoms with E-state index in [4.69, 9.17) is 5.11 Å². The van der Waals surface area contributed by atoms with Crippen LogP contribution in [-0.4, -0.2) is 40.5 Å². The third kappa shape index (κ3) is 3.36. The van der Waals surface area contributed by atoms with Crippen LogP contribution >= 0.6 is 0 Å². The van der Waals surface area contributed by atoms with Crippen molar-refractivity contribution in [3.8, 4) is 0 Å². The third-order valence-electron chi connectivity index (χ3n) is 3.65. The summed E-state index contributed by atoms with van der Waals surface area (Å²) in [6, 6.07) is 8.77. The highest BCUT2D eigenvalue weighted by molar-refractivity contribution is 5.87. The quantitative estimate of drug-likeness (QED) is 0.849. The molecule has 1 aliphatic rings. The van der Waals surface area contributed by atoms with Gasteiger partial charge in [-0.15, -0.1) is 0 Å². The first-order valence-corrected chi connectivity index (χ1v) is 6.90. The molecule has 108 valence electrons. The average Bonchev–Trinajstić information content (AvgIpc) is 2.94. The minimum Gasteiger partial charge on any atom is -0.480 e. The van der Waals surface area contributed by atoms with E-state index in [9.17, 15) is 9.59 Å². The van der Waals surface area contributed by atoms with Gasteiger partial charge in [-0.1, -0.05) is 30.3 Å². The van der Waals surface area contributed by atoms with Crippen LogP contribution in [0.15, 0.2) is 30.3 Å². The monoisotopic (exact) mass is 276 g/mol. The van der Waals surface area contributed by atoms with Crippen molar-refractivity contribution in [2.75, 3.05) is 6.54 Å². The number of amides is 1. The van der Waals surface area contributed by atoms with Gasteiger partial charge < -0.3 is 15.3 Å². The molecule has 2 N–H and O–H groups in total. The second kappa shape index (κ2) is 6.52. The van der Waals surface area contributed by atoms with Crippen molar-refractivity contribution in [1.82, 2.24) is 10.2 Å². The fraction of sp³-hybridized carbons (Fsp3) is 0.467. The molecule has 20 heavy (non-hydrogen) atoms. The van der Waals surface area contributed by atoms with Crippen molar-refractivity contribution >= 4 is 11.9 Å². The van der Waals surface area contributed by atoms with Gasteiger partial charge in [0, 0.05) is 13.1 Å². The lowest BCUT2D eigenvalue weighted by atomic mass is 10.2. The number of nitrogens with one attached hydrogen (secondary N) is 1. The lowest BCUT2D eigenvalue weighted by Crippen LogP contribution is -2.48. The average molecular weight is 276 g/mol. The van der Waals surface area contributed by atoms with Crippen LogP contribution in [0, 0.1) is 0 Å². The molecule has 5 heteroatoms. The molecule has 1 amide bonds. The van der Waals surface area contributed by atoms with Crippen molar-refractivity contribution in [1.29, 1.82) is 0 Å². The maximum atomic E-state index is 12.3. The van der Waals surface area contributed by atoms with Crippen LogP contribution in [-0.2, 0) is 16.1 Å². The fourth-order valence-corrected chi connectivity index (χ4v) is 2.49. The maximum absolute atomic E-state index is 12.3. The Morgan fingerprint density at radius 1 is 1.40 bits per heavy atom. The van der Waals surface area contributed by atoms with Gasteiger partial charge in [0.2, 0.25) is 5.91 Å². The van der Waals surface area contributed by atoms with Crippen LogP contribution in [0.4, 0.5) is 0 Å². The van der Waals surface area contributed by atoms with Gasteiger partial charge in [0.25, 0.3) is 0 Å². The van der Waals surface area contributed by atoms with Crippen molar-refractivity contribution < 1.29 is 14.7 Å². The van der Waals surface area contributed by atoms with E-state index >= 15 is 0 Å². The molecule has 0 bridgehead atoms. The number of hydrogen-bond donors (Lipinski definition) is 2. The van der Waals surface area contributed by atoms with Crippen LogP contribution < -0.4 is 5.32 Å². The predicted molar refractivity (Wildman–Crippen MR) is 75.1 cm³/mol. The second-order valence-electron chi connectivity index (χ2n) is 5.12. The van der Waals surface area contributed by atoms with E-state index in [1.165, 1.54) is 4.90 Å². The Balaban J connectivity index is 1.90. The Morgan fingerprint density at radius 3 is 2.75 bits per heavy atom. The normalized spacial score (nSPS) is 19.9. The summed E-state index contributed by atoms with van der Waals surface area (Å²) in [6.45, 7) is 2.91. The fourth-order valence-electron chi connectivity index (χ4n) is 2.49. The first-order chi connectivity index (χ1) is 9.59. The highest BCUT2D eigenvalue weighted by atomic mass is 16.4. The Hall–Kier alpha value is -1.88. The largest absolute Gasteiger partial charge is 0.480 e. The van der Waals surface area contributed by atoms with Gasteiger partial charge in [0.05, 0.1) is 6.04 Å². The molecule has 0 unspecified atom stereocenters. The van der Waals surface area contributed by atoms with E-state index in [-0.39, 0.29) is 11.9 Å². The number of benzene rings is 1. The van der Waals surface area contributed by atoms with E-state index in [2.05, 4.69) is 5.32 Å². The summed E-state index contributed by atoms with van der Waals surface area (Å²) in [7, 11) is 0. The lowest BCUT2D eigenvalue weighted by Gasteiger charge is -2.25. The number of carbonyl (C=O) groups is 2. The van der Waals surface area contributed by atoms with Crippen molar-refractivity contribution in [2.24, 2.45) is 0 Å². The summed E-state index contributed by atoms with van der Waals surface area (Å²) in [4.78, 5) is 24.9. The number of aliphatic carboxylic acids is 1. The van der Waals surface area contributed by atoms with E-state index in [0.717, 1.165) is 12.0 Å². The Morgan fingerprint density at radius 2 is 2.10 bits per heavy atom. The van der Waals surface area contributed by atoms with Crippen LogP contribution in [0.5, 0.6) is 0 Å². The summed E-state index contributed by atoms with van der Waals surface area (Å²) >= 11 is 0. The molecule has 0 spiro atoms. The summed E-state index contributed by atoms with van der Waals surface area (Å²) in [5.41, 5.74) is 1.10. The topological polar surface area (TPSA) is 69.6 Å². The van der Waals surface area contributed by atoms with E-state index in [1.807, 2.05) is 30.3 Å². The number of carboxylic acid groups (broad SMARTS) is 1. The molecule has 1 aromatic carbocycles. The number of carboxylic acids is 1. The van der Waals surface area contributed by atoms with Crippen LogP contribution in [0.25, 0.3) is 0 Å². The zero-order valence-corrected chi connectivity index (χ0v) is 11.6. The van der Waals surface area contributed by atoms with Crippen LogP contribution in [0.2, 0.25) is 0 Å². The molecule has 0 saturated carbocycles. The van der Waals surface area contributed by atoms with Gasteiger partial charge in [-0.3, -0.25) is 4.79 Å². The summed E-state index contributed by atoms with van der Waals surface area (Å²) in [5.74, 6) is -1.04. The molecule has 1 aromatic rings. The molecule has 1 saturated heterocycles. The van der Waals surface area contributed by atoms with Gasteiger partial charge in [-0.25, -0.2) is 4.79 Å². The van der Waals surface area contributed by atoms with Crippen molar-refractivity contribution in [2.45, 2.75) is 38.4 Å². The minimum absolute atomic E-state index is 0.133. The summed E-state index contributed by atoms with van der Waals surface area (Å²) in [5, 5.41) is 12.3. The first-order valence-electron chi connectivity index (χ1n) is 6.90. The van der Waals surface area contributed by atoms with Gasteiger partial charge in [0.15, 0.2) is 0 Å². The highest BCUT2D eigenvalue weighted by Crippen LogP contribution is 2.18. The van der Waals surface area contributed by atoms with Crippen LogP contribution in [0.3, 0.4) is 0 Å². The molecule has 2 rings (SSSR count). The zero-order chi connectivity index (χ0) is 14.5.